The number of nitrogens with one attached hydrogen (secondary N) is 1. The Hall–Kier alpha value is -3.15. The largest absolute Gasteiger partial charge is 0.338 e. The van der Waals surface area contributed by atoms with Crippen LogP contribution in [0.4, 0.5) is 5.69 Å². The van der Waals surface area contributed by atoms with Crippen molar-refractivity contribution in [3.8, 4) is 0 Å². The van der Waals surface area contributed by atoms with E-state index >= 15 is 0 Å². The smallest absolute Gasteiger partial charge is 0.247 e. The minimum absolute atomic E-state index is 0.0101. The second kappa shape index (κ2) is 9.55. The maximum Gasteiger partial charge on any atom is 0.247 e. The maximum atomic E-state index is 13.3. The fourth-order valence-electron chi connectivity index (χ4n) is 4.55. The molecular weight excluding hydrogens is 402 g/mol. The molecule has 0 aliphatic carbocycles. The molecule has 1 unspecified atom stereocenters. The van der Waals surface area contributed by atoms with Gasteiger partial charge in [-0.3, -0.25) is 14.4 Å². The van der Waals surface area contributed by atoms with Gasteiger partial charge in [0.25, 0.3) is 0 Å². The van der Waals surface area contributed by atoms with Gasteiger partial charge in [0.2, 0.25) is 17.7 Å². The van der Waals surface area contributed by atoms with Crippen LogP contribution in [0.1, 0.15) is 49.8 Å². The van der Waals surface area contributed by atoms with Crippen LogP contribution in [-0.2, 0) is 33.9 Å². The van der Waals surface area contributed by atoms with Crippen LogP contribution in [0, 0.1) is 5.92 Å². The molecule has 4 rings (SSSR count). The van der Waals surface area contributed by atoms with E-state index in [9.17, 15) is 14.4 Å². The van der Waals surface area contributed by atoms with Crippen LogP contribution >= 0.6 is 0 Å². The number of hydrogen-bond donors (Lipinski definition) is 1. The van der Waals surface area contributed by atoms with Crippen molar-refractivity contribution >= 4 is 23.4 Å². The molecule has 0 saturated carbocycles. The summed E-state index contributed by atoms with van der Waals surface area (Å²) in [6.45, 7) is 5.82. The number of hydrogen-bond acceptors (Lipinski definition) is 3. The molecule has 2 aliphatic heterocycles. The summed E-state index contributed by atoms with van der Waals surface area (Å²) in [5, 5.41) is 3.02. The van der Waals surface area contributed by atoms with E-state index in [0.717, 1.165) is 29.7 Å². The van der Waals surface area contributed by atoms with Gasteiger partial charge in [-0.15, -0.1) is 0 Å². The zero-order valence-electron chi connectivity index (χ0n) is 18.8. The number of likely N-dealkylation sites (tertiary alicyclic amines) is 1. The summed E-state index contributed by atoms with van der Waals surface area (Å²) in [6.07, 6.45) is 2.44. The predicted octanol–water partition coefficient (Wildman–Crippen LogP) is 3.75. The first-order valence-electron chi connectivity index (χ1n) is 11.4. The normalized spacial score (nSPS) is 18.1. The molecule has 1 atom stereocenters. The third-order valence-corrected chi connectivity index (χ3v) is 6.19. The monoisotopic (exact) mass is 433 g/mol. The third-order valence-electron chi connectivity index (χ3n) is 6.19. The van der Waals surface area contributed by atoms with E-state index in [1.165, 1.54) is 0 Å². The van der Waals surface area contributed by atoms with E-state index < -0.39 is 6.04 Å². The van der Waals surface area contributed by atoms with Crippen molar-refractivity contribution in [2.45, 2.75) is 58.7 Å². The molecule has 1 saturated heterocycles. The minimum Gasteiger partial charge on any atom is -0.338 e. The minimum atomic E-state index is -0.542. The van der Waals surface area contributed by atoms with Crippen LogP contribution in [0.3, 0.4) is 0 Å². The lowest BCUT2D eigenvalue weighted by Crippen LogP contribution is -2.50. The van der Waals surface area contributed by atoms with Crippen LogP contribution < -0.4 is 5.32 Å². The van der Waals surface area contributed by atoms with Crippen molar-refractivity contribution in [3.05, 3.63) is 65.2 Å². The second-order valence-electron chi connectivity index (χ2n) is 9.22. The van der Waals surface area contributed by atoms with Crippen LogP contribution in [-0.4, -0.2) is 40.1 Å². The number of rotatable bonds is 6. The van der Waals surface area contributed by atoms with Gasteiger partial charge in [-0.25, -0.2) is 0 Å². The predicted molar refractivity (Wildman–Crippen MR) is 124 cm³/mol. The van der Waals surface area contributed by atoms with Crippen LogP contribution in [0.5, 0.6) is 0 Å². The van der Waals surface area contributed by atoms with Crippen LogP contribution in [0.2, 0.25) is 0 Å². The Kier molecular flexibility index (Phi) is 6.58. The Balaban J connectivity index is 1.51. The van der Waals surface area contributed by atoms with Crippen molar-refractivity contribution < 1.29 is 14.4 Å². The Morgan fingerprint density at radius 1 is 1.09 bits per heavy atom. The highest BCUT2D eigenvalue weighted by molar-refractivity contribution is 5.97. The molecule has 3 amide bonds. The van der Waals surface area contributed by atoms with E-state index in [-0.39, 0.29) is 23.6 Å². The van der Waals surface area contributed by atoms with E-state index in [1.807, 2.05) is 67.3 Å². The molecule has 1 fully saturated rings. The Morgan fingerprint density at radius 2 is 1.88 bits per heavy atom. The molecule has 168 valence electrons. The van der Waals surface area contributed by atoms with E-state index in [0.29, 0.717) is 38.0 Å². The highest BCUT2D eigenvalue weighted by atomic mass is 16.2. The Labute approximate surface area is 189 Å². The summed E-state index contributed by atoms with van der Waals surface area (Å²) < 4.78 is 0. The maximum absolute atomic E-state index is 13.3. The van der Waals surface area contributed by atoms with Gasteiger partial charge in [0.05, 0.1) is 0 Å². The summed E-state index contributed by atoms with van der Waals surface area (Å²) >= 11 is 0. The Morgan fingerprint density at radius 3 is 2.59 bits per heavy atom. The standard InChI is InChI=1S/C26H31N3O3/c1-18(2)13-25(31)29-17-21-9-4-3-8-20(21)15-23(29)26(32)27-22-10-5-7-19(14-22)16-28-12-6-11-24(28)30/h3-5,7-10,14,18,23H,6,11-13,15-17H2,1-2H3,(H,27,32). The van der Waals surface area contributed by atoms with Gasteiger partial charge >= 0.3 is 0 Å². The zero-order valence-corrected chi connectivity index (χ0v) is 18.8. The van der Waals surface area contributed by atoms with Crippen LogP contribution in [0.25, 0.3) is 0 Å². The molecule has 2 heterocycles. The first kappa shape index (κ1) is 22.1. The lowest BCUT2D eigenvalue weighted by Gasteiger charge is -2.36. The SMILES string of the molecule is CC(C)CC(=O)N1Cc2ccccc2CC1C(=O)Nc1cccc(CN2CCCC2=O)c1. The van der Waals surface area contributed by atoms with Crippen molar-refractivity contribution in [1.29, 1.82) is 0 Å². The van der Waals surface area contributed by atoms with Gasteiger partial charge in [0.1, 0.15) is 6.04 Å². The average molecular weight is 434 g/mol. The number of carbonyl (C=O) groups is 3. The van der Waals surface area contributed by atoms with Crippen molar-refractivity contribution in [2.75, 3.05) is 11.9 Å². The van der Waals surface area contributed by atoms with E-state index in [2.05, 4.69) is 5.32 Å². The molecule has 0 bridgehead atoms. The third kappa shape index (κ3) is 5.01. The molecule has 2 aliphatic rings. The van der Waals surface area contributed by atoms with Crippen molar-refractivity contribution in [3.63, 3.8) is 0 Å². The fraction of sp³-hybridized carbons (Fsp3) is 0.423. The first-order valence-corrected chi connectivity index (χ1v) is 11.4. The number of fused-ring (bicyclic) bond motifs is 1. The summed E-state index contributed by atoms with van der Waals surface area (Å²) in [5.74, 6) is 0.245. The zero-order chi connectivity index (χ0) is 22.7. The quantitative estimate of drug-likeness (QED) is 0.754. The molecule has 1 N–H and O–H groups in total. The topological polar surface area (TPSA) is 69.7 Å². The lowest BCUT2D eigenvalue weighted by molar-refractivity contribution is -0.140. The highest BCUT2D eigenvalue weighted by Gasteiger charge is 2.34. The molecule has 0 spiro atoms. The van der Waals surface area contributed by atoms with Gasteiger partial charge in [0, 0.05) is 44.6 Å². The molecule has 6 nitrogen and oxygen atoms in total. The van der Waals surface area contributed by atoms with Gasteiger partial charge in [-0.1, -0.05) is 50.2 Å². The molecule has 32 heavy (non-hydrogen) atoms. The molecule has 0 radical (unpaired) electrons. The average Bonchev–Trinajstić information content (AvgIpc) is 3.16. The van der Waals surface area contributed by atoms with Gasteiger partial charge < -0.3 is 15.1 Å². The van der Waals surface area contributed by atoms with Crippen molar-refractivity contribution in [2.24, 2.45) is 5.92 Å². The molecular formula is C26H31N3O3. The van der Waals surface area contributed by atoms with Crippen molar-refractivity contribution in [1.82, 2.24) is 9.80 Å². The molecule has 2 aromatic carbocycles. The number of anilines is 1. The molecule has 2 aromatic rings. The van der Waals surface area contributed by atoms with E-state index in [4.69, 9.17) is 0 Å². The number of benzene rings is 2. The number of amides is 3. The van der Waals surface area contributed by atoms with Gasteiger partial charge in [0.15, 0.2) is 0 Å². The first-order chi connectivity index (χ1) is 15.4. The molecule has 0 aromatic heterocycles. The summed E-state index contributed by atoms with van der Waals surface area (Å²) in [4.78, 5) is 41.8. The summed E-state index contributed by atoms with van der Waals surface area (Å²) in [5.41, 5.74) is 3.89. The fourth-order valence-corrected chi connectivity index (χ4v) is 4.55. The lowest BCUT2D eigenvalue weighted by atomic mass is 9.92. The highest BCUT2D eigenvalue weighted by Crippen LogP contribution is 2.26. The number of nitrogens with zero attached hydrogens (tertiary/aromatic N) is 2. The Bertz CT molecular complexity index is 1020. The van der Waals surface area contributed by atoms with Gasteiger partial charge in [-0.2, -0.15) is 0 Å². The summed E-state index contributed by atoms with van der Waals surface area (Å²) in [6, 6.07) is 15.1. The molecule has 6 heteroatoms. The second-order valence-corrected chi connectivity index (χ2v) is 9.22. The van der Waals surface area contributed by atoms with Crippen LogP contribution in [0.15, 0.2) is 48.5 Å². The number of carbonyl (C=O) groups excluding carboxylic acids is 3. The van der Waals surface area contributed by atoms with Gasteiger partial charge in [-0.05, 0) is 41.2 Å². The van der Waals surface area contributed by atoms with E-state index in [1.54, 1.807) is 4.90 Å². The summed E-state index contributed by atoms with van der Waals surface area (Å²) in [7, 11) is 0.